The highest BCUT2D eigenvalue weighted by atomic mass is 35.5. The van der Waals surface area contributed by atoms with Gasteiger partial charge in [0.15, 0.2) is 0 Å². The molecule has 2 atom stereocenters. The molecule has 1 saturated carbocycles. The summed E-state index contributed by atoms with van der Waals surface area (Å²) in [4.78, 5) is 26.1. The van der Waals surface area contributed by atoms with E-state index >= 15 is 0 Å². The van der Waals surface area contributed by atoms with Crippen LogP contribution in [0.2, 0.25) is 10.0 Å². The number of hydrogen-bond donors (Lipinski definition) is 1. The Morgan fingerprint density at radius 1 is 1.32 bits per heavy atom. The highest BCUT2D eigenvalue weighted by molar-refractivity contribution is 6.36. The van der Waals surface area contributed by atoms with Crippen LogP contribution < -0.4 is 5.32 Å². The van der Waals surface area contributed by atoms with Crippen LogP contribution in [-0.4, -0.2) is 30.3 Å². The number of unbranched alkanes of at least 4 members (excludes halogenated alkanes) is 1. The second kappa shape index (κ2) is 7.34. The van der Waals surface area contributed by atoms with Crippen molar-refractivity contribution >= 4 is 40.7 Å². The third kappa shape index (κ3) is 4.14. The topological polar surface area (TPSA) is 49.4 Å². The first-order valence-electron chi connectivity index (χ1n) is 7.45. The molecular formula is C16H20Cl2N2O2. The van der Waals surface area contributed by atoms with E-state index in [0.29, 0.717) is 22.2 Å². The standard InChI is InChI=1S/C16H20Cl2N2O2/c1-3-4-7-20(2)16(22)12-9-11(12)15(21)19-14-6-5-10(17)8-13(14)18/h5-6,8,11-12H,3-4,7,9H2,1-2H3,(H,19,21). The molecular weight excluding hydrogens is 323 g/mol. The first kappa shape index (κ1) is 17.1. The third-order valence-corrected chi connectivity index (χ3v) is 4.40. The Morgan fingerprint density at radius 2 is 2.05 bits per heavy atom. The second-order valence-electron chi connectivity index (χ2n) is 5.68. The smallest absolute Gasteiger partial charge is 0.228 e. The Morgan fingerprint density at radius 3 is 2.68 bits per heavy atom. The lowest BCUT2D eigenvalue weighted by Crippen LogP contribution is -2.30. The van der Waals surface area contributed by atoms with Gasteiger partial charge in [0.05, 0.1) is 22.5 Å². The summed E-state index contributed by atoms with van der Waals surface area (Å²) in [6, 6.07) is 4.90. The molecule has 1 N–H and O–H groups in total. The molecule has 1 aromatic carbocycles. The molecule has 1 aromatic rings. The zero-order valence-electron chi connectivity index (χ0n) is 12.7. The average Bonchev–Trinajstić information content (AvgIpc) is 3.27. The van der Waals surface area contributed by atoms with Crippen molar-refractivity contribution in [3.05, 3.63) is 28.2 Å². The lowest BCUT2D eigenvalue weighted by atomic mass is 10.2. The molecule has 0 radical (unpaired) electrons. The Balaban J connectivity index is 1.89. The van der Waals surface area contributed by atoms with Crippen LogP contribution in [0.5, 0.6) is 0 Å². The zero-order valence-corrected chi connectivity index (χ0v) is 14.2. The number of nitrogens with one attached hydrogen (secondary N) is 1. The van der Waals surface area contributed by atoms with Crippen molar-refractivity contribution in [1.29, 1.82) is 0 Å². The lowest BCUT2D eigenvalue weighted by Gasteiger charge is -2.16. The average molecular weight is 343 g/mol. The van der Waals surface area contributed by atoms with Gasteiger partial charge < -0.3 is 10.2 Å². The number of carbonyl (C=O) groups is 2. The van der Waals surface area contributed by atoms with Gasteiger partial charge >= 0.3 is 0 Å². The zero-order chi connectivity index (χ0) is 16.3. The third-order valence-electron chi connectivity index (χ3n) is 3.86. The Hall–Kier alpha value is -1.26. The molecule has 1 aliphatic carbocycles. The van der Waals surface area contributed by atoms with Crippen molar-refractivity contribution in [2.24, 2.45) is 11.8 Å². The molecule has 120 valence electrons. The predicted molar refractivity (Wildman–Crippen MR) is 89.2 cm³/mol. The minimum Gasteiger partial charge on any atom is -0.346 e. The fourth-order valence-electron chi connectivity index (χ4n) is 2.36. The molecule has 1 aliphatic rings. The number of halogens is 2. The van der Waals surface area contributed by atoms with Crippen LogP contribution in [0.1, 0.15) is 26.2 Å². The van der Waals surface area contributed by atoms with E-state index in [1.807, 2.05) is 0 Å². The van der Waals surface area contributed by atoms with E-state index < -0.39 is 0 Å². The predicted octanol–water partition coefficient (Wildman–Crippen LogP) is 3.83. The molecule has 0 aliphatic heterocycles. The minimum absolute atomic E-state index is 0.0517. The minimum atomic E-state index is -0.261. The summed E-state index contributed by atoms with van der Waals surface area (Å²) in [6.07, 6.45) is 2.62. The summed E-state index contributed by atoms with van der Waals surface area (Å²) >= 11 is 11.9. The van der Waals surface area contributed by atoms with E-state index in [1.54, 1.807) is 30.1 Å². The maximum Gasteiger partial charge on any atom is 0.228 e. The largest absolute Gasteiger partial charge is 0.346 e. The Labute approximate surface area is 140 Å². The maximum atomic E-state index is 12.2. The number of benzene rings is 1. The number of anilines is 1. The van der Waals surface area contributed by atoms with Crippen molar-refractivity contribution in [2.45, 2.75) is 26.2 Å². The van der Waals surface area contributed by atoms with Crippen LogP contribution in [0.4, 0.5) is 5.69 Å². The van der Waals surface area contributed by atoms with Crippen LogP contribution in [0.15, 0.2) is 18.2 Å². The first-order valence-corrected chi connectivity index (χ1v) is 8.20. The van der Waals surface area contributed by atoms with Gasteiger partial charge in [-0.3, -0.25) is 9.59 Å². The monoisotopic (exact) mass is 342 g/mol. The molecule has 2 rings (SSSR count). The van der Waals surface area contributed by atoms with Crippen LogP contribution in [0, 0.1) is 11.8 Å². The van der Waals surface area contributed by atoms with E-state index in [4.69, 9.17) is 23.2 Å². The van der Waals surface area contributed by atoms with Crippen molar-refractivity contribution in [1.82, 2.24) is 4.90 Å². The Kier molecular flexibility index (Phi) is 5.70. The molecule has 1 fully saturated rings. The molecule has 0 saturated heterocycles. The molecule has 2 amide bonds. The molecule has 0 spiro atoms. The number of rotatable bonds is 6. The second-order valence-corrected chi connectivity index (χ2v) is 6.52. The number of amides is 2. The number of carbonyl (C=O) groups excluding carboxylic acids is 2. The molecule has 0 heterocycles. The molecule has 0 aromatic heterocycles. The van der Waals surface area contributed by atoms with Gasteiger partial charge in [-0.15, -0.1) is 0 Å². The van der Waals surface area contributed by atoms with Crippen LogP contribution in [-0.2, 0) is 9.59 Å². The maximum absolute atomic E-state index is 12.2. The van der Waals surface area contributed by atoms with E-state index in [2.05, 4.69) is 12.2 Å². The summed E-state index contributed by atoms with van der Waals surface area (Å²) in [5.41, 5.74) is 0.522. The van der Waals surface area contributed by atoms with Crippen LogP contribution >= 0.6 is 23.2 Å². The highest BCUT2D eigenvalue weighted by Gasteiger charge is 2.49. The molecule has 6 heteroatoms. The number of nitrogens with zero attached hydrogens (tertiary/aromatic N) is 1. The normalized spacial score (nSPS) is 19.6. The fraction of sp³-hybridized carbons (Fsp3) is 0.500. The van der Waals surface area contributed by atoms with E-state index in [0.717, 1.165) is 19.4 Å². The Bertz CT molecular complexity index is 577. The number of hydrogen-bond acceptors (Lipinski definition) is 2. The highest BCUT2D eigenvalue weighted by Crippen LogP contribution is 2.41. The van der Waals surface area contributed by atoms with Gasteiger partial charge in [0.25, 0.3) is 0 Å². The van der Waals surface area contributed by atoms with Crippen molar-refractivity contribution < 1.29 is 9.59 Å². The SMILES string of the molecule is CCCCN(C)C(=O)C1CC1C(=O)Nc1ccc(Cl)cc1Cl. The molecule has 4 nitrogen and oxygen atoms in total. The van der Waals surface area contributed by atoms with Crippen molar-refractivity contribution in [3.8, 4) is 0 Å². The fourth-order valence-corrected chi connectivity index (χ4v) is 2.82. The van der Waals surface area contributed by atoms with Crippen molar-refractivity contribution in [3.63, 3.8) is 0 Å². The summed E-state index contributed by atoms with van der Waals surface area (Å²) < 4.78 is 0. The van der Waals surface area contributed by atoms with Gasteiger partial charge in [-0.2, -0.15) is 0 Å². The summed E-state index contributed by atoms with van der Waals surface area (Å²) in [7, 11) is 1.79. The lowest BCUT2D eigenvalue weighted by molar-refractivity contribution is -0.132. The summed E-state index contributed by atoms with van der Waals surface area (Å²) in [5.74, 6) is -0.571. The van der Waals surface area contributed by atoms with Gasteiger partial charge in [-0.25, -0.2) is 0 Å². The first-order chi connectivity index (χ1) is 10.4. The van der Waals surface area contributed by atoms with Crippen LogP contribution in [0.3, 0.4) is 0 Å². The van der Waals surface area contributed by atoms with E-state index in [9.17, 15) is 9.59 Å². The molecule has 2 unspecified atom stereocenters. The van der Waals surface area contributed by atoms with Crippen molar-refractivity contribution in [2.75, 3.05) is 18.9 Å². The van der Waals surface area contributed by atoms with Crippen LogP contribution in [0.25, 0.3) is 0 Å². The molecule has 0 bridgehead atoms. The molecule has 22 heavy (non-hydrogen) atoms. The van der Waals surface area contributed by atoms with E-state index in [1.165, 1.54) is 0 Å². The quantitative estimate of drug-likeness (QED) is 0.853. The van der Waals surface area contributed by atoms with Gasteiger partial charge in [0.2, 0.25) is 11.8 Å². The van der Waals surface area contributed by atoms with Gasteiger partial charge in [-0.1, -0.05) is 36.5 Å². The summed E-state index contributed by atoms with van der Waals surface area (Å²) in [6.45, 7) is 2.82. The van der Waals surface area contributed by atoms with E-state index in [-0.39, 0.29) is 23.7 Å². The van der Waals surface area contributed by atoms with Gasteiger partial charge in [0.1, 0.15) is 0 Å². The van der Waals surface area contributed by atoms with Gasteiger partial charge in [-0.05, 0) is 31.0 Å². The summed E-state index contributed by atoms with van der Waals surface area (Å²) in [5, 5.41) is 3.67. The van der Waals surface area contributed by atoms with Gasteiger partial charge in [0, 0.05) is 18.6 Å².